The van der Waals surface area contributed by atoms with Crippen molar-refractivity contribution in [1.82, 2.24) is 5.06 Å². The summed E-state index contributed by atoms with van der Waals surface area (Å²) >= 11 is 4.53. The highest BCUT2D eigenvalue weighted by Crippen LogP contribution is 2.26. The molecule has 0 unspecified atom stereocenters. The van der Waals surface area contributed by atoms with Crippen LogP contribution in [0.15, 0.2) is 18.2 Å². The molecule has 0 aliphatic heterocycles. The summed E-state index contributed by atoms with van der Waals surface area (Å²) in [5, 5.41) is 20.5. The fraction of sp³-hybridized carbons (Fsp3) is 0.222. The van der Waals surface area contributed by atoms with Crippen LogP contribution < -0.4 is 10.5 Å². The Hall–Kier alpha value is -1.98. The largest absolute Gasteiger partial charge is 0.374 e. The number of nitro groups is 1. The Bertz CT molecular complexity index is 646. The molecule has 0 amide bonds. The van der Waals surface area contributed by atoms with E-state index in [0.717, 1.165) is 12.3 Å². The molecule has 110 valence electrons. The second-order valence-electron chi connectivity index (χ2n) is 3.88. The number of benzene rings is 1. The third-order valence-corrected chi connectivity index (χ3v) is 2.94. The van der Waals surface area contributed by atoms with Gasteiger partial charge in [0, 0.05) is 6.07 Å². The molecule has 0 spiro atoms. The third-order valence-electron chi connectivity index (χ3n) is 2.14. The number of nitrogens with one attached hydrogen (secondary N) is 1. The molecule has 9 nitrogen and oxygen atoms in total. The molecule has 0 aromatic heterocycles. The molecule has 11 heteroatoms. The fourth-order valence-electron chi connectivity index (χ4n) is 1.36. The SMILES string of the molecule is CS(=O)(=O)Nc1ccc(CN(O)C(N)=S)cc1[N+](=O)[O-]. The summed E-state index contributed by atoms with van der Waals surface area (Å²) in [6, 6.07) is 3.75. The van der Waals surface area contributed by atoms with Crippen LogP contribution in [0.1, 0.15) is 5.56 Å². The van der Waals surface area contributed by atoms with Crippen molar-refractivity contribution in [3.8, 4) is 0 Å². The van der Waals surface area contributed by atoms with Crippen molar-refractivity contribution >= 4 is 38.7 Å². The predicted molar refractivity (Wildman–Crippen MR) is 75.7 cm³/mol. The van der Waals surface area contributed by atoms with Crippen LogP contribution in [0.5, 0.6) is 0 Å². The highest BCUT2D eigenvalue weighted by Gasteiger charge is 2.18. The van der Waals surface area contributed by atoms with Crippen LogP contribution in [-0.4, -0.2) is 35.0 Å². The lowest BCUT2D eigenvalue weighted by Crippen LogP contribution is -2.31. The monoisotopic (exact) mass is 320 g/mol. The molecule has 20 heavy (non-hydrogen) atoms. The Balaban J connectivity index is 3.13. The van der Waals surface area contributed by atoms with Crippen molar-refractivity contribution in [3.05, 3.63) is 33.9 Å². The standard InChI is InChI=1S/C9H12N4O5S2/c1-20(17,18)11-7-3-2-6(4-8(7)13(15)16)5-12(14)9(10)19/h2-4,11,14H,5H2,1H3,(H2,10,19). The molecule has 1 aromatic carbocycles. The quantitative estimate of drug-likeness (QED) is 0.402. The summed E-state index contributed by atoms with van der Waals surface area (Å²) in [5.41, 5.74) is 4.91. The van der Waals surface area contributed by atoms with Crippen molar-refractivity contribution in [2.24, 2.45) is 5.73 Å². The van der Waals surface area contributed by atoms with Gasteiger partial charge in [0.1, 0.15) is 5.69 Å². The van der Waals surface area contributed by atoms with Gasteiger partial charge in [0.2, 0.25) is 10.0 Å². The molecule has 0 radical (unpaired) electrons. The number of hydrogen-bond donors (Lipinski definition) is 3. The first-order chi connectivity index (χ1) is 9.10. The Labute approximate surface area is 120 Å². The highest BCUT2D eigenvalue weighted by molar-refractivity contribution is 7.92. The molecule has 0 atom stereocenters. The van der Waals surface area contributed by atoms with Gasteiger partial charge in [-0.3, -0.25) is 20.0 Å². The van der Waals surface area contributed by atoms with Gasteiger partial charge in [0.25, 0.3) is 5.69 Å². The summed E-state index contributed by atoms with van der Waals surface area (Å²) in [7, 11) is -3.64. The number of anilines is 1. The van der Waals surface area contributed by atoms with Gasteiger partial charge in [-0.05, 0) is 23.8 Å². The normalized spacial score (nSPS) is 10.9. The molecule has 0 heterocycles. The van der Waals surface area contributed by atoms with Crippen LogP contribution in [0.4, 0.5) is 11.4 Å². The Kier molecular flexibility index (Phi) is 4.81. The molecule has 0 saturated carbocycles. The van der Waals surface area contributed by atoms with Crippen molar-refractivity contribution < 1.29 is 18.5 Å². The summed E-state index contributed by atoms with van der Waals surface area (Å²) in [6.45, 7) is -0.157. The number of nitro benzene ring substituents is 1. The number of nitrogens with zero attached hydrogens (tertiary/aromatic N) is 2. The second kappa shape index (κ2) is 5.98. The lowest BCUT2D eigenvalue weighted by atomic mass is 10.1. The van der Waals surface area contributed by atoms with Crippen molar-refractivity contribution in [3.63, 3.8) is 0 Å². The van der Waals surface area contributed by atoms with E-state index in [1.165, 1.54) is 12.1 Å². The van der Waals surface area contributed by atoms with Crippen LogP contribution >= 0.6 is 12.2 Å². The predicted octanol–water partition coefficient (Wildman–Crippen LogP) is 0.401. The topological polar surface area (TPSA) is 139 Å². The number of rotatable bonds is 5. The van der Waals surface area contributed by atoms with E-state index in [4.69, 9.17) is 5.73 Å². The maximum Gasteiger partial charge on any atom is 0.293 e. The van der Waals surface area contributed by atoms with E-state index >= 15 is 0 Å². The van der Waals surface area contributed by atoms with E-state index in [2.05, 4.69) is 12.2 Å². The van der Waals surface area contributed by atoms with E-state index in [0.29, 0.717) is 10.6 Å². The van der Waals surface area contributed by atoms with E-state index < -0.39 is 20.6 Å². The first-order valence-corrected chi connectivity index (χ1v) is 7.41. The average Bonchev–Trinajstić information content (AvgIpc) is 2.28. The zero-order valence-corrected chi connectivity index (χ0v) is 11.9. The molecule has 1 aromatic rings. The summed E-state index contributed by atoms with van der Waals surface area (Å²) in [6.07, 6.45) is 0.882. The van der Waals surface area contributed by atoms with Crippen molar-refractivity contribution in [1.29, 1.82) is 0 Å². The molecule has 0 fully saturated rings. The zero-order valence-electron chi connectivity index (χ0n) is 10.3. The molecule has 4 N–H and O–H groups in total. The minimum atomic E-state index is -3.64. The van der Waals surface area contributed by atoms with Crippen molar-refractivity contribution in [2.45, 2.75) is 6.54 Å². The minimum absolute atomic E-state index is 0.157. The fourth-order valence-corrected chi connectivity index (χ4v) is 2.00. The average molecular weight is 320 g/mol. The van der Waals surface area contributed by atoms with Gasteiger partial charge in [-0.15, -0.1) is 0 Å². The summed E-state index contributed by atoms with van der Waals surface area (Å²) in [4.78, 5) is 10.2. The van der Waals surface area contributed by atoms with Gasteiger partial charge in [-0.1, -0.05) is 6.07 Å². The lowest BCUT2D eigenvalue weighted by Gasteiger charge is -2.14. The molecule has 0 aliphatic rings. The number of nitrogens with two attached hydrogens (primary N) is 1. The lowest BCUT2D eigenvalue weighted by molar-refractivity contribution is -0.384. The van der Waals surface area contributed by atoms with E-state index in [1.807, 2.05) is 4.72 Å². The van der Waals surface area contributed by atoms with Gasteiger partial charge in [-0.2, -0.15) is 0 Å². The number of sulfonamides is 1. The second-order valence-corrected chi connectivity index (χ2v) is 6.05. The molecule has 0 bridgehead atoms. The molecule has 1 rings (SSSR count). The smallest absolute Gasteiger partial charge is 0.293 e. The minimum Gasteiger partial charge on any atom is -0.374 e. The Morgan fingerprint density at radius 1 is 1.60 bits per heavy atom. The summed E-state index contributed by atoms with van der Waals surface area (Å²) in [5.74, 6) is 0. The number of thiocarbonyl (C=S) groups is 1. The van der Waals surface area contributed by atoms with Gasteiger partial charge in [0.05, 0.1) is 17.7 Å². The third kappa shape index (κ3) is 4.60. The maximum atomic E-state index is 11.1. The number of hydroxylamine groups is 2. The van der Waals surface area contributed by atoms with Gasteiger partial charge >= 0.3 is 0 Å². The van der Waals surface area contributed by atoms with Crippen LogP contribution in [0.2, 0.25) is 0 Å². The van der Waals surface area contributed by atoms with Crippen LogP contribution in [-0.2, 0) is 16.6 Å². The molecule has 0 aliphatic carbocycles. The van der Waals surface area contributed by atoms with Crippen LogP contribution in [0, 0.1) is 10.1 Å². The van der Waals surface area contributed by atoms with Crippen molar-refractivity contribution in [2.75, 3.05) is 11.0 Å². The molecule has 0 saturated heterocycles. The zero-order chi connectivity index (χ0) is 15.5. The molecular formula is C9H12N4O5S2. The molecular weight excluding hydrogens is 308 g/mol. The van der Waals surface area contributed by atoms with Gasteiger partial charge < -0.3 is 5.73 Å². The van der Waals surface area contributed by atoms with Crippen LogP contribution in [0.3, 0.4) is 0 Å². The first-order valence-electron chi connectivity index (χ1n) is 5.11. The first kappa shape index (κ1) is 16.1. The van der Waals surface area contributed by atoms with Gasteiger partial charge in [0.15, 0.2) is 5.11 Å². The Morgan fingerprint density at radius 2 is 2.20 bits per heavy atom. The van der Waals surface area contributed by atoms with Crippen LogP contribution in [0.25, 0.3) is 0 Å². The van der Waals surface area contributed by atoms with Gasteiger partial charge in [-0.25, -0.2) is 13.5 Å². The Morgan fingerprint density at radius 3 is 2.65 bits per heavy atom. The van der Waals surface area contributed by atoms with E-state index in [9.17, 15) is 23.7 Å². The van der Waals surface area contributed by atoms with E-state index in [1.54, 1.807) is 0 Å². The maximum absolute atomic E-state index is 11.1. The highest BCUT2D eigenvalue weighted by atomic mass is 32.2. The van der Waals surface area contributed by atoms with E-state index in [-0.39, 0.29) is 17.3 Å². The number of hydrogen-bond acceptors (Lipinski definition) is 6. The summed E-state index contributed by atoms with van der Waals surface area (Å²) < 4.78 is 24.3.